The number of piperidine rings is 1. The number of amides is 1. The first-order chi connectivity index (χ1) is 13.8. The maximum atomic E-state index is 13.1. The Hall–Kier alpha value is -1.83. The van der Waals surface area contributed by atoms with Crippen molar-refractivity contribution in [2.75, 3.05) is 24.2 Å². The van der Waals surface area contributed by atoms with Crippen LogP contribution in [0.3, 0.4) is 0 Å². The summed E-state index contributed by atoms with van der Waals surface area (Å²) in [7, 11) is -3.60. The lowest BCUT2D eigenvalue weighted by Crippen LogP contribution is -2.38. The zero-order chi connectivity index (χ0) is 21.0. The summed E-state index contributed by atoms with van der Waals surface area (Å²) >= 11 is 1.65. The molecule has 0 radical (unpaired) electrons. The summed E-state index contributed by atoms with van der Waals surface area (Å²) in [5, 5.41) is 2.95. The average molecular weight is 433 g/mol. The molecule has 0 atom stereocenters. The molecule has 0 bridgehead atoms. The molecule has 0 saturated carbocycles. The molecule has 1 heterocycles. The summed E-state index contributed by atoms with van der Waals surface area (Å²) in [6.07, 6.45) is 1.73. The molecule has 3 rings (SSSR count). The van der Waals surface area contributed by atoms with Crippen molar-refractivity contribution >= 4 is 33.4 Å². The lowest BCUT2D eigenvalue weighted by Gasteiger charge is -2.29. The van der Waals surface area contributed by atoms with Crippen LogP contribution in [-0.4, -0.2) is 37.5 Å². The number of thioether (sulfide) groups is 1. The molecule has 2 aromatic rings. The molecule has 2 aromatic carbocycles. The van der Waals surface area contributed by atoms with Crippen LogP contribution in [0.1, 0.15) is 42.6 Å². The highest BCUT2D eigenvalue weighted by molar-refractivity contribution is 7.99. The molecule has 0 aromatic heterocycles. The fourth-order valence-electron chi connectivity index (χ4n) is 3.42. The van der Waals surface area contributed by atoms with E-state index in [1.54, 1.807) is 23.9 Å². The van der Waals surface area contributed by atoms with E-state index in [1.165, 1.54) is 10.4 Å². The third-order valence-corrected chi connectivity index (χ3v) is 8.12. The monoisotopic (exact) mass is 432 g/mol. The largest absolute Gasteiger partial charge is 0.321 e. The van der Waals surface area contributed by atoms with E-state index < -0.39 is 10.0 Å². The van der Waals surface area contributed by atoms with Crippen molar-refractivity contribution in [1.29, 1.82) is 0 Å². The van der Waals surface area contributed by atoms with Crippen LogP contribution in [0.25, 0.3) is 0 Å². The van der Waals surface area contributed by atoms with Crippen LogP contribution in [-0.2, 0) is 10.0 Å². The van der Waals surface area contributed by atoms with E-state index in [9.17, 15) is 13.2 Å². The number of rotatable bonds is 6. The van der Waals surface area contributed by atoms with Crippen LogP contribution < -0.4 is 5.32 Å². The molecule has 1 fully saturated rings. The van der Waals surface area contributed by atoms with E-state index in [0.717, 1.165) is 34.7 Å². The number of hydrogen-bond donors (Lipinski definition) is 1. The van der Waals surface area contributed by atoms with Gasteiger partial charge < -0.3 is 5.32 Å². The number of nitrogens with one attached hydrogen (secondary N) is 1. The molecule has 1 saturated heterocycles. The van der Waals surface area contributed by atoms with Crippen molar-refractivity contribution in [2.24, 2.45) is 5.92 Å². The molecule has 156 valence electrons. The first kappa shape index (κ1) is 21.9. The number of aryl methyl sites for hydroxylation is 1. The van der Waals surface area contributed by atoms with Gasteiger partial charge in [0, 0.05) is 23.5 Å². The van der Waals surface area contributed by atoms with E-state index in [4.69, 9.17) is 0 Å². The van der Waals surface area contributed by atoms with Gasteiger partial charge in [-0.1, -0.05) is 32.0 Å². The Morgan fingerprint density at radius 2 is 1.86 bits per heavy atom. The predicted octanol–water partition coefficient (Wildman–Crippen LogP) is 4.78. The number of sulfonamides is 1. The van der Waals surface area contributed by atoms with Gasteiger partial charge in [0.2, 0.25) is 10.0 Å². The van der Waals surface area contributed by atoms with Gasteiger partial charge in [0.05, 0.1) is 10.6 Å². The third kappa shape index (κ3) is 5.02. The van der Waals surface area contributed by atoms with Crippen molar-refractivity contribution in [3.63, 3.8) is 0 Å². The quantitative estimate of drug-likeness (QED) is 0.667. The number of benzene rings is 2. The van der Waals surface area contributed by atoms with Gasteiger partial charge in [-0.3, -0.25) is 4.79 Å². The average Bonchev–Trinajstić information content (AvgIpc) is 2.70. The smallest absolute Gasteiger partial charge is 0.256 e. The number of para-hydroxylation sites is 1. The van der Waals surface area contributed by atoms with Gasteiger partial charge >= 0.3 is 0 Å². The summed E-state index contributed by atoms with van der Waals surface area (Å²) < 4.78 is 27.7. The maximum Gasteiger partial charge on any atom is 0.256 e. The third-order valence-electron chi connectivity index (χ3n) is 5.27. The number of anilines is 1. The second-order valence-electron chi connectivity index (χ2n) is 7.45. The highest BCUT2D eigenvalue weighted by Crippen LogP contribution is 2.28. The molecule has 7 heteroatoms. The molecule has 1 amide bonds. The van der Waals surface area contributed by atoms with Crippen LogP contribution in [0.15, 0.2) is 52.3 Å². The molecule has 1 N–H and O–H groups in total. The summed E-state index contributed by atoms with van der Waals surface area (Å²) in [6.45, 7) is 7.08. The van der Waals surface area contributed by atoms with Gasteiger partial charge in [0.15, 0.2) is 0 Å². The van der Waals surface area contributed by atoms with Crippen LogP contribution in [0.4, 0.5) is 5.69 Å². The molecule has 0 aliphatic carbocycles. The fourth-order valence-corrected chi connectivity index (χ4v) is 5.68. The standard InChI is InChI=1S/C22H28N2O3S2/c1-4-28-21-8-6-5-7-20(21)23-22(25)19-15-18(10-9-17(19)3)29(26,27)24-13-11-16(2)12-14-24/h5-10,15-16H,4,11-14H2,1-3H3,(H,23,25). The first-order valence-electron chi connectivity index (χ1n) is 9.97. The number of hydrogen-bond acceptors (Lipinski definition) is 4. The lowest BCUT2D eigenvalue weighted by atomic mass is 10.0. The normalized spacial score (nSPS) is 16.0. The van der Waals surface area contributed by atoms with Gasteiger partial charge in [0.25, 0.3) is 5.91 Å². The molecule has 0 unspecified atom stereocenters. The van der Waals surface area contributed by atoms with E-state index in [-0.39, 0.29) is 10.8 Å². The van der Waals surface area contributed by atoms with Crippen LogP contribution >= 0.6 is 11.8 Å². The van der Waals surface area contributed by atoms with E-state index in [2.05, 4.69) is 19.2 Å². The zero-order valence-electron chi connectivity index (χ0n) is 17.1. The number of carbonyl (C=O) groups is 1. The Balaban J connectivity index is 1.86. The van der Waals surface area contributed by atoms with Gasteiger partial charge in [-0.15, -0.1) is 11.8 Å². The molecule has 1 aliphatic heterocycles. The molecule has 0 spiro atoms. The maximum absolute atomic E-state index is 13.1. The Morgan fingerprint density at radius 1 is 1.17 bits per heavy atom. The minimum absolute atomic E-state index is 0.180. The van der Waals surface area contributed by atoms with E-state index in [0.29, 0.717) is 24.6 Å². The van der Waals surface area contributed by atoms with Gasteiger partial charge in [-0.05, 0) is 61.3 Å². The second kappa shape index (κ2) is 9.32. The molecule has 5 nitrogen and oxygen atoms in total. The molecule has 1 aliphatic rings. The van der Waals surface area contributed by atoms with E-state index in [1.807, 2.05) is 31.2 Å². The minimum atomic E-state index is -3.60. The van der Waals surface area contributed by atoms with Crippen molar-refractivity contribution in [1.82, 2.24) is 4.31 Å². The van der Waals surface area contributed by atoms with Crippen molar-refractivity contribution in [2.45, 2.75) is 43.4 Å². The summed E-state index contributed by atoms with van der Waals surface area (Å²) in [6, 6.07) is 12.5. The Bertz CT molecular complexity index is 981. The Labute approximate surface area is 177 Å². The summed E-state index contributed by atoms with van der Waals surface area (Å²) in [4.78, 5) is 14.1. The number of nitrogens with zero attached hydrogens (tertiary/aromatic N) is 1. The van der Waals surface area contributed by atoms with Crippen LogP contribution in [0.5, 0.6) is 0 Å². The van der Waals surface area contributed by atoms with Crippen molar-refractivity contribution < 1.29 is 13.2 Å². The molecular formula is C22H28N2O3S2. The number of carbonyl (C=O) groups excluding carboxylic acids is 1. The van der Waals surface area contributed by atoms with E-state index >= 15 is 0 Å². The van der Waals surface area contributed by atoms with Crippen molar-refractivity contribution in [3.8, 4) is 0 Å². The van der Waals surface area contributed by atoms with Crippen LogP contribution in [0.2, 0.25) is 0 Å². The van der Waals surface area contributed by atoms with Gasteiger partial charge in [-0.2, -0.15) is 4.31 Å². The topological polar surface area (TPSA) is 66.5 Å². The lowest BCUT2D eigenvalue weighted by molar-refractivity contribution is 0.102. The Morgan fingerprint density at radius 3 is 2.55 bits per heavy atom. The second-order valence-corrected chi connectivity index (χ2v) is 10.7. The fraction of sp³-hybridized carbons (Fsp3) is 0.409. The minimum Gasteiger partial charge on any atom is -0.321 e. The summed E-state index contributed by atoms with van der Waals surface area (Å²) in [5.74, 6) is 1.14. The first-order valence-corrected chi connectivity index (χ1v) is 12.4. The van der Waals surface area contributed by atoms with Crippen LogP contribution in [0, 0.1) is 12.8 Å². The summed E-state index contributed by atoms with van der Waals surface area (Å²) in [5.41, 5.74) is 1.86. The predicted molar refractivity (Wildman–Crippen MR) is 119 cm³/mol. The molecular weight excluding hydrogens is 404 g/mol. The highest BCUT2D eigenvalue weighted by Gasteiger charge is 2.29. The highest BCUT2D eigenvalue weighted by atomic mass is 32.2. The SMILES string of the molecule is CCSc1ccccc1NC(=O)c1cc(S(=O)(=O)N2CCC(C)CC2)ccc1C. The van der Waals surface area contributed by atoms with Gasteiger partial charge in [-0.25, -0.2) is 8.42 Å². The zero-order valence-corrected chi connectivity index (χ0v) is 18.8. The van der Waals surface area contributed by atoms with Crippen molar-refractivity contribution in [3.05, 3.63) is 53.6 Å². The Kier molecular flexibility index (Phi) is 7.03. The van der Waals surface area contributed by atoms with Gasteiger partial charge in [0.1, 0.15) is 0 Å². The molecule has 29 heavy (non-hydrogen) atoms.